The third kappa shape index (κ3) is 1.73. The number of aliphatic hydroxyl groups excluding tert-OH is 1. The first-order valence-corrected chi connectivity index (χ1v) is 7.45. The molecule has 4 rings (SSSR count). The number of anilines is 1. The summed E-state index contributed by atoms with van der Waals surface area (Å²) in [5, 5.41) is 9.65. The molecule has 23 heavy (non-hydrogen) atoms. The number of ether oxygens (including phenoxy) is 1. The molecular weight excluding hydrogens is 298 g/mol. The van der Waals surface area contributed by atoms with Crippen LogP contribution >= 0.6 is 0 Å². The standard InChI is InChI=1S/C17H15NO5/c1-9(20)10-2-4-11(5-3-10)18-15(21)13-12-6-7-17(8-19,23-12)14(13)16(18)22/h2-7,12-14,19H,8H2,1H3/t12-,13+,14+,17-/m1/s1. The maximum absolute atomic E-state index is 12.8. The highest BCUT2D eigenvalue weighted by atomic mass is 16.5. The number of carbonyl (C=O) groups excluding carboxylic acids is 3. The van der Waals surface area contributed by atoms with E-state index < -0.39 is 23.5 Å². The van der Waals surface area contributed by atoms with Crippen molar-refractivity contribution in [3.63, 3.8) is 0 Å². The number of ketones is 1. The van der Waals surface area contributed by atoms with Crippen molar-refractivity contribution in [3.8, 4) is 0 Å². The maximum Gasteiger partial charge on any atom is 0.241 e. The van der Waals surface area contributed by atoms with Crippen LogP contribution in [0, 0.1) is 11.8 Å². The Hall–Kier alpha value is -2.31. The van der Waals surface area contributed by atoms with E-state index in [4.69, 9.17) is 4.74 Å². The topological polar surface area (TPSA) is 83.9 Å². The summed E-state index contributed by atoms with van der Waals surface area (Å²) in [6.07, 6.45) is 2.96. The van der Waals surface area contributed by atoms with Crippen LogP contribution in [0.3, 0.4) is 0 Å². The molecule has 0 aromatic heterocycles. The second kappa shape index (κ2) is 4.59. The van der Waals surface area contributed by atoms with Gasteiger partial charge in [0.05, 0.1) is 30.2 Å². The highest BCUT2D eigenvalue weighted by Gasteiger charge is 2.67. The van der Waals surface area contributed by atoms with Crippen molar-refractivity contribution in [2.75, 3.05) is 11.5 Å². The lowest BCUT2D eigenvalue weighted by atomic mass is 9.77. The number of nitrogens with zero attached hydrogens (tertiary/aromatic N) is 1. The Morgan fingerprint density at radius 2 is 1.96 bits per heavy atom. The number of hydrogen-bond acceptors (Lipinski definition) is 5. The zero-order valence-corrected chi connectivity index (χ0v) is 12.4. The van der Waals surface area contributed by atoms with Gasteiger partial charge in [-0.25, -0.2) is 4.90 Å². The van der Waals surface area contributed by atoms with Gasteiger partial charge in [-0.1, -0.05) is 12.2 Å². The lowest BCUT2D eigenvalue weighted by Gasteiger charge is -2.26. The summed E-state index contributed by atoms with van der Waals surface area (Å²) in [4.78, 5) is 38.0. The van der Waals surface area contributed by atoms with E-state index in [2.05, 4.69) is 0 Å². The number of amides is 2. The highest BCUT2D eigenvalue weighted by Crippen LogP contribution is 2.52. The molecule has 0 unspecified atom stereocenters. The molecule has 2 saturated heterocycles. The predicted molar refractivity (Wildman–Crippen MR) is 79.7 cm³/mol. The monoisotopic (exact) mass is 313 g/mol. The average Bonchev–Trinajstić information content (AvgIpc) is 3.19. The molecule has 2 amide bonds. The van der Waals surface area contributed by atoms with Crippen molar-refractivity contribution >= 4 is 23.3 Å². The van der Waals surface area contributed by atoms with Crippen LogP contribution in [0.5, 0.6) is 0 Å². The summed E-state index contributed by atoms with van der Waals surface area (Å²) < 4.78 is 5.68. The molecule has 1 N–H and O–H groups in total. The van der Waals surface area contributed by atoms with E-state index in [9.17, 15) is 19.5 Å². The van der Waals surface area contributed by atoms with E-state index in [1.54, 1.807) is 36.4 Å². The molecule has 1 aromatic rings. The van der Waals surface area contributed by atoms with Crippen LogP contribution in [-0.2, 0) is 14.3 Å². The number of fused-ring (bicyclic) bond motifs is 5. The van der Waals surface area contributed by atoms with Crippen LogP contribution in [0.2, 0.25) is 0 Å². The van der Waals surface area contributed by atoms with Crippen LogP contribution in [-0.4, -0.2) is 41.0 Å². The largest absolute Gasteiger partial charge is 0.393 e. The van der Waals surface area contributed by atoms with Crippen LogP contribution in [0.25, 0.3) is 0 Å². The number of imide groups is 1. The van der Waals surface area contributed by atoms with E-state index >= 15 is 0 Å². The van der Waals surface area contributed by atoms with E-state index in [1.165, 1.54) is 6.92 Å². The number of hydrogen-bond donors (Lipinski definition) is 1. The maximum atomic E-state index is 12.8. The van der Waals surface area contributed by atoms with Crippen molar-refractivity contribution in [1.29, 1.82) is 0 Å². The van der Waals surface area contributed by atoms with E-state index in [1.807, 2.05) is 0 Å². The van der Waals surface area contributed by atoms with Crippen molar-refractivity contribution in [2.24, 2.45) is 11.8 Å². The Balaban J connectivity index is 1.72. The van der Waals surface area contributed by atoms with E-state index in [0.717, 1.165) is 4.90 Å². The fourth-order valence-electron chi connectivity index (χ4n) is 3.78. The Morgan fingerprint density at radius 3 is 2.57 bits per heavy atom. The highest BCUT2D eigenvalue weighted by molar-refractivity contribution is 6.23. The molecule has 3 aliphatic heterocycles. The second-order valence-electron chi connectivity index (χ2n) is 6.17. The van der Waals surface area contributed by atoms with Gasteiger partial charge in [0.2, 0.25) is 11.8 Å². The van der Waals surface area contributed by atoms with Crippen LogP contribution in [0.15, 0.2) is 36.4 Å². The van der Waals surface area contributed by atoms with Gasteiger partial charge in [0, 0.05) is 5.56 Å². The van der Waals surface area contributed by atoms with Gasteiger partial charge in [-0.05, 0) is 31.2 Å². The van der Waals surface area contributed by atoms with Crippen LogP contribution < -0.4 is 4.90 Å². The van der Waals surface area contributed by atoms with Crippen molar-refractivity contribution in [3.05, 3.63) is 42.0 Å². The van der Waals surface area contributed by atoms with Gasteiger partial charge in [0.25, 0.3) is 0 Å². The van der Waals surface area contributed by atoms with Gasteiger partial charge in [-0.3, -0.25) is 14.4 Å². The zero-order valence-electron chi connectivity index (χ0n) is 12.4. The second-order valence-corrected chi connectivity index (χ2v) is 6.17. The van der Waals surface area contributed by atoms with Gasteiger partial charge in [-0.15, -0.1) is 0 Å². The Bertz CT molecular complexity index is 753. The first-order valence-electron chi connectivity index (χ1n) is 7.45. The van der Waals surface area contributed by atoms with Crippen molar-refractivity contribution in [1.82, 2.24) is 0 Å². The number of rotatable bonds is 3. The molecule has 4 atom stereocenters. The first-order chi connectivity index (χ1) is 11.0. The number of benzene rings is 1. The van der Waals surface area contributed by atoms with Crippen molar-refractivity contribution < 1.29 is 24.2 Å². The van der Waals surface area contributed by atoms with Gasteiger partial charge in [0.1, 0.15) is 5.60 Å². The Labute approximate surface area is 132 Å². The molecule has 0 radical (unpaired) electrons. The molecular formula is C17H15NO5. The summed E-state index contributed by atoms with van der Waals surface area (Å²) in [6, 6.07) is 6.37. The molecule has 0 aliphatic carbocycles. The molecule has 118 valence electrons. The summed E-state index contributed by atoms with van der Waals surface area (Å²) in [6.45, 7) is 1.12. The first kappa shape index (κ1) is 14.3. The minimum absolute atomic E-state index is 0.0811. The van der Waals surface area contributed by atoms with Gasteiger partial charge >= 0.3 is 0 Å². The van der Waals surface area contributed by atoms with Crippen LogP contribution in [0.1, 0.15) is 17.3 Å². The smallest absolute Gasteiger partial charge is 0.241 e. The molecule has 6 nitrogen and oxygen atoms in total. The Kier molecular flexibility index (Phi) is 2.86. The molecule has 3 heterocycles. The normalized spacial score (nSPS) is 34.3. The fourth-order valence-corrected chi connectivity index (χ4v) is 3.78. The predicted octanol–water partition coefficient (Wildman–Crippen LogP) is 0.695. The molecule has 6 heteroatoms. The molecule has 0 saturated carbocycles. The van der Waals surface area contributed by atoms with E-state index in [0.29, 0.717) is 11.3 Å². The molecule has 2 bridgehead atoms. The molecule has 1 aromatic carbocycles. The van der Waals surface area contributed by atoms with Crippen LogP contribution in [0.4, 0.5) is 5.69 Å². The quantitative estimate of drug-likeness (QED) is 0.504. The minimum atomic E-state index is -1.09. The summed E-state index contributed by atoms with van der Waals surface area (Å²) in [5.41, 5.74) is -0.132. The lowest BCUT2D eigenvalue weighted by molar-refractivity contribution is -0.128. The minimum Gasteiger partial charge on any atom is -0.393 e. The van der Waals surface area contributed by atoms with Gasteiger partial charge in [0.15, 0.2) is 5.78 Å². The summed E-state index contributed by atoms with van der Waals surface area (Å²) >= 11 is 0. The average molecular weight is 313 g/mol. The third-order valence-electron chi connectivity index (χ3n) is 4.93. The summed E-state index contributed by atoms with van der Waals surface area (Å²) in [5.74, 6) is -2.05. The fraction of sp³-hybridized carbons (Fsp3) is 0.353. The van der Waals surface area contributed by atoms with Gasteiger partial charge < -0.3 is 9.84 Å². The zero-order chi connectivity index (χ0) is 16.4. The van der Waals surface area contributed by atoms with E-state index in [-0.39, 0.29) is 24.2 Å². The SMILES string of the molecule is CC(=O)c1ccc(N2C(=O)[C@@H]3[C@@H](C2=O)[C@]2(CO)C=C[C@H]3O2)cc1. The number of aliphatic hydroxyl groups is 1. The number of carbonyl (C=O) groups is 3. The number of Topliss-reactive ketones (excluding diaryl/α,β-unsaturated/α-hetero) is 1. The lowest BCUT2D eigenvalue weighted by Crippen LogP contribution is -2.43. The Morgan fingerprint density at radius 1 is 1.26 bits per heavy atom. The third-order valence-corrected chi connectivity index (χ3v) is 4.93. The van der Waals surface area contributed by atoms with Gasteiger partial charge in [-0.2, -0.15) is 0 Å². The van der Waals surface area contributed by atoms with Crippen molar-refractivity contribution in [2.45, 2.75) is 18.6 Å². The molecule has 3 aliphatic rings. The summed E-state index contributed by atoms with van der Waals surface area (Å²) in [7, 11) is 0. The molecule has 0 spiro atoms. The molecule has 2 fully saturated rings.